The third-order valence-electron chi connectivity index (χ3n) is 3.27. The van der Waals surface area contributed by atoms with E-state index in [0.717, 1.165) is 37.4 Å². The van der Waals surface area contributed by atoms with Crippen LogP contribution in [0.5, 0.6) is 0 Å². The van der Waals surface area contributed by atoms with Crippen LogP contribution in [-0.2, 0) is 17.7 Å². The molecule has 1 atom stereocenters. The molecule has 0 saturated carbocycles. The summed E-state index contributed by atoms with van der Waals surface area (Å²) < 4.78 is 5.71. The molecular weight excluding hydrogens is 238 g/mol. The van der Waals surface area contributed by atoms with E-state index in [-0.39, 0.29) is 5.54 Å². The van der Waals surface area contributed by atoms with E-state index in [1.807, 2.05) is 12.4 Å². The average Bonchev–Trinajstić information content (AvgIpc) is 2.38. The van der Waals surface area contributed by atoms with E-state index >= 15 is 0 Å². The number of aromatic nitrogens is 2. The van der Waals surface area contributed by atoms with E-state index in [0.29, 0.717) is 6.10 Å². The van der Waals surface area contributed by atoms with Gasteiger partial charge in [0.2, 0.25) is 0 Å². The molecule has 2 rings (SSSR count). The summed E-state index contributed by atoms with van der Waals surface area (Å²) in [4.78, 5) is 8.88. The molecule has 0 bridgehead atoms. The van der Waals surface area contributed by atoms with Crippen LogP contribution in [0.25, 0.3) is 0 Å². The van der Waals surface area contributed by atoms with Crippen LogP contribution in [0, 0.1) is 0 Å². The SMILES string of the molecule is CC(C)(C)NCc1cnc(CC2CCCCO2)nc1. The monoisotopic (exact) mass is 263 g/mol. The summed E-state index contributed by atoms with van der Waals surface area (Å²) in [6, 6.07) is 0. The quantitative estimate of drug-likeness (QED) is 0.906. The van der Waals surface area contributed by atoms with Gasteiger partial charge in [0.25, 0.3) is 0 Å². The fourth-order valence-corrected chi connectivity index (χ4v) is 2.12. The van der Waals surface area contributed by atoms with Crippen molar-refractivity contribution in [2.45, 2.75) is 64.6 Å². The van der Waals surface area contributed by atoms with Gasteiger partial charge in [-0.1, -0.05) is 0 Å². The zero-order valence-corrected chi connectivity index (χ0v) is 12.3. The maximum absolute atomic E-state index is 5.71. The Morgan fingerprint density at radius 3 is 2.58 bits per heavy atom. The lowest BCUT2D eigenvalue weighted by Crippen LogP contribution is -2.35. The van der Waals surface area contributed by atoms with E-state index in [9.17, 15) is 0 Å². The van der Waals surface area contributed by atoms with Crippen molar-refractivity contribution in [2.75, 3.05) is 6.61 Å². The fraction of sp³-hybridized carbons (Fsp3) is 0.733. The van der Waals surface area contributed by atoms with Crippen LogP contribution in [0.2, 0.25) is 0 Å². The van der Waals surface area contributed by atoms with E-state index in [4.69, 9.17) is 4.74 Å². The third-order valence-corrected chi connectivity index (χ3v) is 3.27. The third kappa shape index (κ3) is 5.25. The van der Waals surface area contributed by atoms with Crippen molar-refractivity contribution < 1.29 is 4.74 Å². The minimum Gasteiger partial charge on any atom is -0.378 e. The highest BCUT2D eigenvalue weighted by atomic mass is 16.5. The highest BCUT2D eigenvalue weighted by molar-refractivity contribution is 5.06. The van der Waals surface area contributed by atoms with Gasteiger partial charge in [-0.25, -0.2) is 9.97 Å². The Kier molecular flexibility index (Phi) is 4.88. The molecule has 4 heteroatoms. The van der Waals surface area contributed by atoms with Gasteiger partial charge in [-0.15, -0.1) is 0 Å². The summed E-state index contributed by atoms with van der Waals surface area (Å²) in [7, 11) is 0. The molecule has 0 spiro atoms. The highest BCUT2D eigenvalue weighted by Gasteiger charge is 2.15. The smallest absolute Gasteiger partial charge is 0.130 e. The average molecular weight is 263 g/mol. The first-order chi connectivity index (χ1) is 9.03. The van der Waals surface area contributed by atoms with Gasteiger partial charge in [-0.3, -0.25) is 0 Å². The zero-order chi connectivity index (χ0) is 13.7. The first kappa shape index (κ1) is 14.4. The van der Waals surface area contributed by atoms with Crippen molar-refractivity contribution in [1.29, 1.82) is 0 Å². The van der Waals surface area contributed by atoms with Crippen molar-refractivity contribution in [1.82, 2.24) is 15.3 Å². The number of nitrogens with one attached hydrogen (secondary N) is 1. The largest absolute Gasteiger partial charge is 0.378 e. The van der Waals surface area contributed by atoms with Gasteiger partial charge >= 0.3 is 0 Å². The summed E-state index contributed by atoms with van der Waals surface area (Å²) in [5.74, 6) is 0.895. The van der Waals surface area contributed by atoms with Crippen molar-refractivity contribution in [3.05, 3.63) is 23.8 Å². The van der Waals surface area contributed by atoms with Crippen LogP contribution in [-0.4, -0.2) is 28.2 Å². The predicted octanol–water partition coefficient (Wildman–Crippen LogP) is 2.48. The Morgan fingerprint density at radius 1 is 1.26 bits per heavy atom. The Balaban J connectivity index is 1.83. The van der Waals surface area contributed by atoms with Gasteiger partial charge < -0.3 is 10.1 Å². The summed E-state index contributed by atoms with van der Waals surface area (Å²) in [5, 5.41) is 3.43. The van der Waals surface area contributed by atoms with E-state index in [2.05, 4.69) is 36.1 Å². The van der Waals surface area contributed by atoms with Crippen molar-refractivity contribution in [3.63, 3.8) is 0 Å². The van der Waals surface area contributed by atoms with Gasteiger partial charge in [-0.05, 0) is 40.0 Å². The van der Waals surface area contributed by atoms with Gasteiger partial charge in [-0.2, -0.15) is 0 Å². The maximum Gasteiger partial charge on any atom is 0.130 e. The zero-order valence-electron chi connectivity index (χ0n) is 12.3. The molecule has 1 N–H and O–H groups in total. The van der Waals surface area contributed by atoms with Crippen LogP contribution >= 0.6 is 0 Å². The molecule has 1 aliphatic heterocycles. The van der Waals surface area contributed by atoms with Crippen LogP contribution in [0.3, 0.4) is 0 Å². The molecule has 19 heavy (non-hydrogen) atoms. The van der Waals surface area contributed by atoms with Crippen molar-refractivity contribution in [3.8, 4) is 0 Å². The standard InChI is InChI=1S/C15H25N3O/c1-15(2,3)18-11-12-9-16-14(17-10-12)8-13-6-4-5-7-19-13/h9-10,13,18H,4-8,11H2,1-3H3. The molecule has 4 nitrogen and oxygen atoms in total. The summed E-state index contributed by atoms with van der Waals surface area (Å²) in [6.45, 7) is 8.16. The number of ether oxygens (including phenoxy) is 1. The van der Waals surface area contributed by atoms with E-state index in [1.54, 1.807) is 0 Å². The predicted molar refractivity (Wildman–Crippen MR) is 75.9 cm³/mol. The number of hydrogen-bond donors (Lipinski definition) is 1. The normalized spacial score (nSPS) is 20.5. The molecule has 1 unspecified atom stereocenters. The number of rotatable bonds is 4. The van der Waals surface area contributed by atoms with Gasteiger partial charge in [0.05, 0.1) is 6.10 Å². The van der Waals surface area contributed by atoms with Crippen molar-refractivity contribution >= 4 is 0 Å². The lowest BCUT2D eigenvalue weighted by molar-refractivity contribution is 0.0156. The minimum absolute atomic E-state index is 0.120. The van der Waals surface area contributed by atoms with Crippen LogP contribution in [0.15, 0.2) is 12.4 Å². The molecule has 1 aliphatic rings. The lowest BCUT2D eigenvalue weighted by Gasteiger charge is -2.22. The Morgan fingerprint density at radius 2 is 2.00 bits per heavy atom. The molecule has 0 aromatic carbocycles. The highest BCUT2D eigenvalue weighted by Crippen LogP contribution is 2.15. The van der Waals surface area contributed by atoms with Crippen LogP contribution in [0.1, 0.15) is 51.4 Å². The molecule has 1 aromatic rings. The Hall–Kier alpha value is -1.00. The first-order valence-electron chi connectivity index (χ1n) is 7.19. The molecule has 1 saturated heterocycles. The molecule has 0 aliphatic carbocycles. The molecule has 0 radical (unpaired) electrons. The van der Waals surface area contributed by atoms with Crippen molar-refractivity contribution in [2.24, 2.45) is 0 Å². The van der Waals surface area contributed by atoms with E-state index < -0.39 is 0 Å². The molecule has 2 heterocycles. The minimum atomic E-state index is 0.120. The second kappa shape index (κ2) is 6.44. The topological polar surface area (TPSA) is 47.0 Å². The van der Waals surface area contributed by atoms with Gasteiger partial charge in [0, 0.05) is 43.1 Å². The van der Waals surface area contributed by atoms with Crippen LogP contribution in [0.4, 0.5) is 0 Å². The maximum atomic E-state index is 5.71. The summed E-state index contributed by atoms with van der Waals surface area (Å²) in [5.41, 5.74) is 1.25. The second-order valence-electron chi connectivity index (χ2n) is 6.30. The van der Waals surface area contributed by atoms with Gasteiger partial charge in [0.15, 0.2) is 0 Å². The second-order valence-corrected chi connectivity index (χ2v) is 6.30. The molecule has 1 aromatic heterocycles. The number of hydrogen-bond acceptors (Lipinski definition) is 4. The molecular formula is C15H25N3O. The van der Waals surface area contributed by atoms with Crippen LogP contribution < -0.4 is 5.32 Å². The Labute approximate surface area is 116 Å². The summed E-state index contributed by atoms with van der Waals surface area (Å²) >= 11 is 0. The molecule has 106 valence electrons. The lowest BCUT2D eigenvalue weighted by atomic mass is 10.1. The van der Waals surface area contributed by atoms with E-state index in [1.165, 1.54) is 12.8 Å². The molecule has 0 amide bonds. The summed E-state index contributed by atoms with van der Waals surface area (Å²) in [6.07, 6.45) is 8.58. The Bertz CT molecular complexity index is 377. The molecule has 1 fully saturated rings. The fourth-order valence-electron chi connectivity index (χ4n) is 2.12. The number of nitrogens with zero attached hydrogens (tertiary/aromatic N) is 2. The first-order valence-corrected chi connectivity index (χ1v) is 7.19. The van der Waals surface area contributed by atoms with Gasteiger partial charge in [0.1, 0.15) is 5.82 Å².